The van der Waals surface area contributed by atoms with E-state index in [1.165, 1.54) is 0 Å². The molecule has 0 saturated carbocycles. The van der Waals surface area contributed by atoms with E-state index in [1.807, 2.05) is 26.8 Å². The van der Waals surface area contributed by atoms with Gasteiger partial charge in [0.25, 0.3) is 0 Å². The van der Waals surface area contributed by atoms with Crippen molar-refractivity contribution in [3.63, 3.8) is 0 Å². The zero-order valence-corrected chi connectivity index (χ0v) is 12.0. The Labute approximate surface area is 110 Å². The minimum atomic E-state index is -0.254. The van der Waals surface area contributed by atoms with E-state index < -0.39 is 0 Å². The predicted molar refractivity (Wildman–Crippen MR) is 74.9 cm³/mol. The third-order valence-corrected chi connectivity index (χ3v) is 2.55. The molecule has 0 heterocycles. The Morgan fingerprint density at radius 1 is 1.28 bits per heavy atom. The van der Waals surface area contributed by atoms with Crippen molar-refractivity contribution in [1.82, 2.24) is 0 Å². The number of nitrogens with two attached hydrogens (primary N) is 1. The first kappa shape index (κ1) is 14.8. The van der Waals surface area contributed by atoms with Crippen LogP contribution in [0.25, 0.3) is 0 Å². The van der Waals surface area contributed by atoms with Gasteiger partial charge in [0.2, 0.25) is 0 Å². The van der Waals surface area contributed by atoms with Crippen LogP contribution in [0, 0.1) is 5.92 Å². The van der Waals surface area contributed by atoms with Crippen LogP contribution >= 0.6 is 0 Å². The Bertz CT molecular complexity index is 394. The highest BCUT2D eigenvalue weighted by atomic mass is 16.5. The third-order valence-electron chi connectivity index (χ3n) is 2.55. The molecule has 0 aliphatic rings. The SMILES string of the molecule is CC(C)C[C@@H](N)c1cc(OC(C)(C)C)ccc1O. The summed E-state index contributed by atoms with van der Waals surface area (Å²) in [6.45, 7) is 10.2. The Morgan fingerprint density at radius 2 is 1.89 bits per heavy atom. The van der Waals surface area contributed by atoms with Crippen molar-refractivity contribution in [2.75, 3.05) is 0 Å². The molecular weight excluding hydrogens is 226 g/mol. The van der Waals surface area contributed by atoms with Crippen LogP contribution in [0.2, 0.25) is 0 Å². The predicted octanol–water partition coefficient (Wildman–Crippen LogP) is 3.62. The molecule has 18 heavy (non-hydrogen) atoms. The molecule has 1 aromatic rings. The summed E-state index contributed by atoms with van der Waals surface area (Å²) in [4.78, 5) is 0. The fourth-order valence-electron chi connectivity index (χ4n) is 1.88. The monoisotopic (exact) mass is 251 g/mol. The van der Waals surface area contributed by atoms with Crippen molar-refractivity contribution in [3.05, 3.63) is 23.8 Å². The van der Waals surface area contributed by atoms with Crippen LogP contribution in [0.1, 0.15) is 52.6 Å². The van der Waals surface area contributed by atoms with Gasteiger partial charge in [0.15, 0.2) is 0 Å². The average Bonchev–Trinajstić information content (AvgIpc) is 2.17. The standard InChI is InChI=1S/C15H25NO2/c1-10(2)8-13(16)12-9-11(6-7-14(12)17)18-15(3,4)5/h6-7,9-10,13,17H,8,16H2,1-5H3/t13-/m1/s1. The molecular formula is C15H25NO2. The number of hydrogen-bond donors (Lipinski definition) is 2. The van der Waals surface area contributed by atoms with Crippen molar-refractivity contribution in [2.24, 2.45) is 11.7 Å². The van der Waals surface area contributed by atoms with Crippen molar-refractivity contribution in [1.29, 1.82) is 0 Å². The first-order valence-corrected chi connectivity index (χ1v) is 6.46. The number of hydrogen-bond acceptors (Lipinski definition) is 3. The second-order valence-electron chi connectivity index (χ2n) is 6.17. The molecule has 0 spiro atoms. The molecule has 0 bridgehead atoms. The first-order chi connectivity index (χ1) is 8.19. The Kier molecular flexibility index (Phi) is 4.63. The second kappa shape index (κ2) is 5.61. The molecule has 1 aromatic carbocycles. The summed E-state index contributed by atoms with van der Waals surface area (Å²) in [5, 5.41) is 9.88. The van der Waals surface area contributed by atoms with Gasteiger partial charge in [-0.15, -0.1) is 0 Å². The van der Waals surface area contributed by atoms with Crippen LogP contribution in [0.5, 0.6) is 11.5 Å². The Hall–Kier alpha value is -1.22. The number of benzene rings is 1. The Balaban J connectivity index is 2.94. The number of aromatic hydroxyl groups is 1. The molecule has 1 atom stereocenters. The van der Waals surface area contributed by atoms with Gasteiger partial charge >= 0.3 is 0 Å². The fourth-order valence-corrected chi connectivity index (χ4v) is 1.88. The minimum absolute atomic E-state index is 0.159. The van der Waals surface area contributed by atoms with Crippen LogP contribution in [0.15, 0.2) is 18.2 Å². The summed E-state index contributed by atoms with van der Waals surface area (Å²) in [6.07, 6.45) is 0.840. The molecule has 1 rings (SSSR count). The van der Waals surface area contributed by atoms with Crippen molar-refractivity contribution < 1.29 is 9.84 Å². The summed E-state index contributed by atoms with van der Waals surface area (Å²) in [5.74, 6) is 1.48. The van der Waals surface area contributed by atoms with E-state index in [4.69, 9.17) is 10.5 Å². The molecule has 0 aromatic heterocycles. The fraction of sp³-hybridized carbons (Fsp3) is 0.600. The maximum absolute atomic E-state index is 9.88. The highest BCUT2D eigenvalue weighted by molar-refractivity contribution is 5.41. The summed E-state index contributed by atoms with van der Waals surface area (Å²) < 4.78 is 5.79. The number of rotatable bonds is 4. The molecule has 3 N–H and O–H groups in total. The van der Waals surface area contributed by atoms with Gasteiger partial charge in [0.1, 0.15) is 17.1 Å². The highest BCUT2D eigenvalue weighted by Crippen LogP contribution is 2.31. The van der Waals surface area contributed by atoms with E-state index in [1.54, 1.807) is 12.1 Å². The van der Waals surface area contributed by atoms with Crippen molar-refractivity contribution in [2.45, 2.75) is 52.7 Å². The lowest BCUT2D eigenvalue weighted by Crippen LogP contribution is -2.23. The zero-order chi connectivity index (χ0) is 13.9. The third kappa shape index (κ3) is 4.57. The first-order valence-electron chi connectivity index (χ1n) is 6.46. The van der Waals surface area contributed by atoms with Gasteiger partial charge in [-0.05, 0) is 51.3 Å². The normalized spacial score (nSPS) is 13.7. The van der Waals surface area contributed by atoms with Gasteiger partial charge in [0.05, 0.1) is 0 Å². The second-order valence-corrected chi connectivity index (χ2v) is 6.17. The van der Waals surface area contributed by atoms with Crippen LogP contribution in [0.3, 0.4) is 0 Å². The summed E-state index contributed by atoms with van der Waals surface area (Å²) in [5.41, 5.74) is 6.62. The molecule has 0 aliphatic carbocycles. The lowest BCUT2D eigenvalue weighted by Gasteiger charge is -2.23. The molecule has 0 aliphatic heterocycles. The topological polar surface area (TPSA) is 55.5 Å². The van der Waals surface area contributed by atoms with E-state index in [9.17, 15) is 5.11 Å². The Morgan fingerprint density at radius 3 is 2.39 bits per heavy atom. The van der Waals surface area contributed by atoms with E-state index in [0.29, 0.717) is 5.92 Å². The number of phenolic OH excluding ortho intramolecular Hbond substituents is 1. The van der Waals surface area contributed by atoms with Crippen LogP contribution < -0.4 is 10.5 Å². The molecule has 0 fully saturated rings. The molecule has 0 unspecified atom stereocenters. The average molecular weight is 251 g/mol. The summed E-state index contributed by atoms with van der Waals surface area (Å²) >= 11 is 0. The largest absolute Gasteiger partial charge is 0.508 e. The number of phenols is 1. The van der Waals surface area contributed by atoms with Gasteiger partial charge < -0.3 is 15.6 Å². The van der Waals surface area contributed by atoms with Gasteiger partial charge in [-0.1, -0.05) is 13.8 Å². The summed E-state index contributed by atoms with van der Waals surface area (Å²) in [7, 11) is 0. The van der Waals surface area contributed by atoms with Gasteiger partial charge in [-0.3, -0.25) is 0 Å². The molecule has 0 amide bonds. The molecule has 0 radical (unpaired) electrons. The van der Waals surface area contributed by atoms with E-state index >= 15 is 0 Å². The maximum atomic E-state index is 9.88. The van der Waals surface area contributed by atoms with E-state index in [2.05, 4.69) is 13.8 Å². The van der Waals surface area contributed by atoms with Crippen LogP contribution in [-0.2, 0) is 0 Å². The minimum Gasteiger partial charge on any atom is -0.508 e. The zero-order valence-electron chi connectivity index (χ0n) is 12.0. The summed E-state index contributed by atoms with van der Waals surface area (Å²) in [6, 6.07) is 5.10. The lowest BCUT2D eigenvalue weighted by molar-refractivity contribution is 0.130. The maximum Gasteiger partial charge on any atom is 0.120 e. The van der Waals surface area contributed by atoms with Crippen molar-refractivity contribution >= 4 is 0 Å². The lowest BCUT2D eigenvalue weighted by atomic mass is 9.97. The molecule has 0 saturated heterocycles. The number of ether oxygens (including phenoxy) is 1. The molecule has 102 valence electrons. The van der Waals surface area contributed by atoms with Gasteiger partial charge in [0, 0.05) is 11.6 Å². The van der Waals surface area contributed by atoms with Gasteiger partial charge in [-0.2, -0.15) is 0 Å². The van der Waals surface area contributed by atoms with Gasteiger partial charge in [-0.25, -0.2) is 0 Å². The molecule has 3 nitrogen and oxygen atoms in total. The quantitative estimate of drug-likeness (QED) is 0.859. The van der Waals surface area contributed by atoms with E-state index in [0.717, 1.165) is 17.7 Å². The molecule has 3 heteroatoms. The highest BCUT2D eigenvalue weighted by Gasteiger charge is 2.16. The van der Waals surface area contributed by atoms with Crippen molar-refractivity contribution in [3.8, 4) is 11.5 Å². The smallest absolute Gasteiger partial charge is 0.120 e. The van der Waals surface area contributed by atoms with E-state index in [-0.39, 0.29) is 17.4 Å². The van der Waals surface area contributed by atoms with Crippen LogP contribution in [-0.4, -0.2) is 10.7 Å². The van der Waals surface area contributed by atoms with Crippen LogP contribution in [0.4, 0.5) is 0 Å².